The fourth-order valence-electron chi connectivity index (χ4n) is 0.752. The van der Waals surface area contributed by atoms with Gasteiger partial charge in [-0.1, -0.05) is 11.6 Å². The average molecular weight is 190 g/mol. The van der Waals surface area contributed by atoms with Crippen LogP contribution >= 0.6 is 11.6 Å². The van der Waals surface area contributed by atoms with E-state index in [1.807, 2.05) is 0 Å². The van der Waals surface area contributed by atoms with Gasteiger partial charge in [-0.15, -0.1) is 0 Å². The summed E-state index contributed by atoms with van der Waals surface area (Å²) < 4.78 is 12.8. The number of halogens is 2. The highest BCUT2D eigenvalue weighted by atomic mass is 35.5. The fraction of sp³-hybridized carbons (Fsp3) is 0. The van der Waals surface area contributed by atoms with E-state index in [-0.39, 0.29) is 10.8 Å². The third-order valence-corrected chi connectivity index (χ3v) is 1.65. The van der Waals surface area contributed by atoms with Gasteiger partial charge in [0.05, 0.1) is 5.02 Å². The smallest absolute Gasteiger partial charge is 0.491 e. The topological polar surface area (TPSA) is 60.7 Å². The van der Waals surface area contributed by atoms with Gasteiger partial charge < -0.3 is 15.2 Å². The molecular formula is C6H5BClFO3. The zero-order valence-corrected chi connectivity index (χ0v) is 6.59. The van der Waals surface area contributed by atoms with Gasteiger partial charge in [0.15, 0.2) is 0 Å². The standard InChI is InChI=1S/C6H5BClFO3/c8-4-2-5(9)3(7(11)12)1-6(4)10/h1-2,10-12H. The van der Waals surface area contributed by atoms with E-state index in [1.165, 1.54) is 0 Å². The molecule has 0 aliphatic carbocycles. The first-order valence-corrected chi connectivity index (χ1v) is 3.44. The van der Waals surface area contributed by atoms with E-state index in [2.05, 4.69) is 0 Å². The zero-order chi connectivity index (χ0) is 9.30. The van der Waals surface area contributed by atoms with E-state index in [9.17, 15) is 4.39 Å². The Balaban J connectivity index is 3.23. The number of phenols is 1. The Bertz CT molecular complexity index is 305. The van der Waals surface area contributed by atoms with Crippen LogP contribution in [0.2, 0.25) is 5.02 Å². The quantitative estimate of drug-likeness (QED) is 0.540. The van der Waals surface area contributed by atoms with Crippen molar-refractivity contribution in [2.24, 2.45) is 0 Å². The normalized spacial score (nSPS) is 10.0. The lowest BCUT2D eigenvalue weighted by Crippen LogP contribution is -2.32. The van der Waals surface area contributed by atoms with Crippen molar-refractivity contribution < 1.29 is 19.5 Å². The van der Waals surface area contributed by atoms with Crippen LogP contribution in [0.25, 0.3) is 0 Å². The van der Waals surface area contributed by atoms with Crippen LogP contribution in [0, 0.1) is 5.82 Å². The number of phenolic OH excluding ortho intramolecular Hbond substituents is 1. The van der Waals surface area contributed by atoms with E-state index in [4.69, 9.17) is 26.8 Å². The molecule has 0 radical (unpaired) electrons. The summed E-state index contributed by atoms with van der Waals surface area (Å²) in [6.45, 7) is 0. The molecule has 3 nitrogen and oxygen atoms in total. The molecule has 1 rings (SSSR count). The van der Waals surface area contributed by atoms with Crippen molar-refractivity contribution >= 4 is 24.2 Å². The molecule has 0 amide bonds. The number of benzene rings is 1. The minimum atomic E-state index is -1.95. The van der Waals surface area contributed by atoms with E-state index >= 15 is 0 Å². The van der Waals surface area contributed by atoms with E-state index in [0.29, 0.717) is 0 Å². The molecule has 0 aliphatic rings. The molecule has 0 fully saturated rings. The predicted molar refractivity (Wildman–Crippen MR) is 42.9 cm³/mol. The molecule has 0 aromatic heterocycles. The maximum atomic E-state index is 12.8. The van der Waals surface area contributed by atoms with Crippen molar-refractivity contribution in [3.05, 3.63) is 23.0 Å². The molecular weight excluding hydrogens is 185 g/mol. The molecule has 0 bridgehead atoms. The molecule has 0 saturated heterocycles. The molecule has 0 atom stereocenters. The van der Waals surface area contributed by atoms with Crippen LogP contribution in [0.5, 0.6) is 5.75 Å². The van der Waals surface area contributed by atoms with Crippen LogP contribution in [-0.2, 0) is 0 Å². The molecule has 0 saturated carbocycles. The highest BCUT2D eigenvalue weighted by molar-refractivity contribution is 6.58. The van der Waals surface area contributed by atoms with Gasteiger partial charge in [0.25, 0.3) is 0 Å². The van der Waals surface area contributed by atoms with Crippen molar-refractivity contribution in [2.75, 3.05) is 0 Å². The first-order valence-electron chi connectivity index (χ1n) is 3.06. The Labute approximate surface area is 73.2 Å². The van der Waals surface area contributed by atoms with Gasteiger partial charge in [-0.3, -0.25) is 0 Å². The predicted octanol–water partition coefficient (Wildman–Crippen LogP) is -0.136. The first kappa shape index (κ1) is 9.31. The number of rotatable bonds is 1. The number of hydrogen-bond donors (Lipinski definition) is 3. The maximum absolute atomic E-state index is 12.8. The van der Waals surface area contributed by atoms with Crippen LogP contribution < -0.4 is 5.46 Å². The van der Waals surface area contributed by atoms with Gasteiger partial charge in [0.1, 0.15) is 11.6 Å². The van der Waals surface area contributed by atoms with E-state index in [1.54, 1.807) is 0 Å². The first-order chi connectivity index (χ1) is 5.52. The minimum absolute atomic E-state index is 0.170. The molecule has 6 heteroatoms. The Morgan fingerprint density at radius 3 is 2.42 bits per heavy atom. The van der Waals surface area contributed by atoms with Crippen LogP contribution in [-0.4, -0.2) is 22.3 Å². The third kappa shape index (κ3) is 1.69. The third-order valence-electron chi connectivity index (χ3n) is 1.34. The van der Waals surface area contributed by atoms with Gasteiger partial charge in [-0.2, -0.15) is 0 Å². The lowest BCUT2D eigenvalue weighted by atomic mass is 9.80. The molecule has 64 valence electrons. The SMILES string of the molecule is OB(O)c1cc(O)c(Cl)cc1F. The van der Waals surface area contributed by atoms with Crippen molar-refractivity contribution in [3.63, 3.8) is 0 Å². The summed E-state index contributed by atoms with van der Waals surface area (Å²) in [5, 5.41) is 25.9. The Hall–Kier alpha value is -0.775. The summed E-state index contributed by atoms with van der Waals surface area (Å²) in [6, 6.07) is 1.67. The highest BCUT2D eigenvalue weighted by Gasteiger charge is 2.18. The molecule has 12 heavy (non-hydrogen) atoms. The lowest BCUT2D eigenvalue weighted by Gasteiger charge is -2.03. The zero-order valence-electron chi connectivity index (χ0n) is 5.83. The molecule has 0 spiro atoms. The van der Waals surface area contributed by atoms with Crippen molar-refractivity contribution in [1.29, 1.82) is 0 Å². The van der Waals surface area contributed by atoms with Gasteiger partial charge in [0.2, 0.25) is 0 Å². The van der Waals surface area contributed by atoms with Crippen LogP contribution in [0.3, 0.4) is 0 Å². The second kappa shape index (κ2) is 3.31. The summed E-state index contributed by atoms with van der Waals surface area (Å²) >= 11 is 5.34. The largest absolute Gasteiger partial charge is 0.506 e. The Morgan fingerprint density at radius 1 is 1.33 bits per heavy atom. The van der Waals surface area contributed by atoms with Gasteiger partial charge in [-0.25, -0.2) is 4.39 Å². The average Bonchev–Trinajstić information content (AvgIpc) is 1.96. The second-order valence-electron chi connectivity index (χ2n) is 2.20. The molecule has 0 unspecified atom stereocenters. The highest BCUT2D eigenvalue weighted by Crippen LogP contribution is 2.21. The van der Waals surface area contributed by atoms with Crippen LogP contribution in [0.15, 0.2) is 12.1 Å². The summed E-state index contributed by atoms with van der Waals surface area (Å²) in [4.78, 5) is 0. The van der Waals surface area contributed by atoms with Crippen molar-refractivity contribution in [3.8, 4) is 5.75 Å². The monoisotopic (exact) mass is 190 g/mol. The fourth-order valence-corrected chi connectivity index (χ4v) is 0.902. The molecule has 1 aromatic rings. The van der Waals surface area contributed by atoms with Crippen molar-refractivity contribution in [2.45, 2.75) is 0 Å². The summed E-state index contributed by atoms with van der Waals surface area (Å²) in [5.41, 5.74) is -0.406. The van der Waals surface area contributed by atoms with E-state index < -0.39 is 18.4 Å². The van der Waals surface area contributed by atoms with Crippen LogP contribution in [0.1, 0.15) is 0 Å². The van der Waals surface area contributed by atoms with Gasteiger partial charge in [0, 0.05) is 5.46 Å². The summed E-state index contributed by atoms with van der Waals surface area (Å²) in [6.07, 6.45) is 0. The molecule has 0 aliphatic heterocycles. The van der Waals surface area contributed by atoms with Gasteiger partial charge in [-0.05, 0) is 12.1 Å². The number of hydrogen-bond acceptors (Lipinski definition) is 3. The molecule has 1 aromatic carbocycles. The maximum Gasteiger partial charge on any atom is 0.491 e. The summed E-state index contributed by atoms with van der Waals surface area (Å²) in [7, 11) is -1.95. The molecule has 3 N–H and O–H groups in total. The van der Waals surface area contributed by atoms with Gasteiger partial charge >= 0.3 is 7.12 Å². The van der Waals surface area contributed by atoms with Crippen molar-refractivity contribution in [1.82, 2.24) is 0 Å². The Morgan fingerprint density at radius 2 is 1.92 bits per heavy atom. The Kier molecular flexibility index (Phi) is 2.57. The second-order valence-corrected chi connectivity index (χ2v) is 2.61. The number of aromatic hydroxyl groups is 1. The summed E-state index contributed by atoms with van der Waals surface area (Å²) in [5.74, 6) is -1.26. The lowest BCUT2D eigenvalue weighted by molar-refractivity contribution is 0.421. The minimum Gasteiger partial charge on any atom is -0.506 e. The van der Waals surface area contributed by atoms with E-state index in [0.717, 1.165) is 12.1 Å². The molecule has 0 heterocycles. The van der Waals surface area contributed by atoms with Crippen LogP contribution in [0.4, 0.5) is 4.39 Å².